The van der Waals surface area contributed by atoms with Gasteiger partial charge < -0.3 is 20.1 Å². The van der Waals surface area contributed by atoms with Gasteiger partial charge in [-0.2, -0.15) is 0 Å². The number of imidazole rings is 1. The number of carbonyl (C=O) groups excluding carboxylic acids is 1. The van der Waals surface area contributed by atoms with Crippen molar-refractivity contribution in [1.29, 1.82) is 0 Å². The zero-order valence-corrected chi connectivity index (χ0v) is 20.7. The van der Waals surface area contributed by atoms with Crippen LogP contribution >= 0.6 is 11.6 Å². The molecule has 6 rings (SSSR count). The number of hydrogen-bond acceptors (Lipinski definition) is 9. The van der Waals surface area contributed by atoms with E-state index in [1.54, 1.807) is 18.7 Å². The summed E-state index contributed by atoms with van der Waals surface area (Å²) < 4.78 is 0. The van der Waals surface area contributed by atoms with Gasteiger partial charge in [0.05, 0.1) is 34.8 Å². The van der Waals surface area contributed by atoms with Crippen molar-refractivity contribution >= 4 is 51.1 Å². The SMILES string of the molecule is CC(Nc1ncnc2[nH]cnc12)c1cc(Cl)c2cccnc2c1N1CCN(C(=O)c2cnccn2)CC1. The first-order valence-electron chi connectivity index (χ1n) is 11.9. The zero-order valence-electron chi connectivity index (χ0n) is 20.0. The van der Waals surface area contributed by atoms with Crippen LogP contribution in [-0.4, -0.2) is 71.9 Å². The minimum Gasteiger partial charge on any atom is -0.366 e. The first-order chi connectivity index (χ1) is 18.1. The number of aromatic nitrogens is 7. The highest BCUT2D eigenvalue weighted by Gasteiger charge is 2.28. The van der Waals surface area contributed by atoms with Gasteiger partial charge in [0.25, 0.3) is 5.91 Å². The Balaban J connectivity index is 1.33. The normalized spacial score (nSPS) is 14.8. The number of nitrogens with one attached hydrogen (secondary N) is 2. The number of halogens is 1. The lowest BCUT2D eigenvalue weighted by Gasteiger charge is -2.38. The number of nitrogens with zero attached hydrogens (tertiary/aromatic N) is 8. The fourth-order valence-electron chi connectivity index (χ4n) is 4.73. The van der Waals surface area contributed by atoms with E-state index < -0.39 is 0 Å². The summed E-state index contributed by atoms with van der Waals surface area (Å²) in [5.41, 5.74) is 4.46. The molecule has 1 aliphatic rings. The Morgan fingerprint density at radius 3 is 2.73 bits per heavy atom. The smallest absolute Gasteiger partial charge is 0.274 e. The standard InChI is InChI=1S/C25H23ClN10O/c1-15(34-24-21-23(31-13-30-21)32-14-33-24)17-11-18(26)16-3-2-4-29-20(16)22(17)35-7-9-36(10-8-35)25(37)19-12-27-5-6-28-19/h2-6,11-15H,7-10H2,1H3,(H2,30,31,32,33,34). The summed E-state index contributed by atoms with van der Waals surface area (Å²) in [4.78, 5) is 45.9. The highest BCUT2D eigenvalue weighted by molar-refractivity contribution is 6.36. The lowest BCUT2D eigenvalue weighted by atomic mass is 10.0. The van der Waals surface area contributed by atoms with Crippen LogP contribution in [0.4, 0.5) is 11.5 Å². The molecule has 0 radical (unpaired) electrons. The van der Waals surface area contributed by atoms with E-state index >= 15 is 0 Å². The molecule has 4 aromatic heterocycles. The summed E-state index contributed by atoms with van der Waals surface area (Å²) in [6, 6.07) is 5.67. The Morgan fingerprint density at radius 1 is 1.05 bits per heavy atom. The van der Waals surface area contributed by atoms with Crippen LogP contribution in [0.25, 0.3) is 22.1 Å². The van der Waals surface area contributed by atoms with Crippen LogP contribution in [0.2, 0.25) is 5.02 Å². The van der Waals surface area contributed by atoms with Gasteiger partial charge in [-0.05, 0) is 25.1 Å². The zero-order chi connectivity index (χ0) is 25.4. The first-order valence-corrected chi connectivity index (χ1v) is 12.3. The van der Waals surface area contributed by atoms with E-state index in [4.69, 9.17) is 16.6 Å². The van der Waals surface area contributed by atoms with Crippen LogP contribution in [0.3, 0.4) is 0 Å². The Labute approximate surface area is 217 Å². The minimum absolute atomic E-state index is 0.117. The summed E-state index contributed by atoms with van der Waals surface area (Å²) in [6.45, 7) is 4.42. The second kappa shape index (κ2) is 9.58. The van der Waals surface area contributed by atoms with E-state index in [-0.39, 0.29) is 11.9 Å². The number of benzene rings is 1. The topological polar surface area (TPSA) is 129 Å². The number of H-pyrrole nitrogens is 1. The van der Waals surface area contributed by atoms with E-state index in [1.807, 2.05) is 23.1 Å². The molecule has 1 unspecified atom stereocenters. The van der Waals surface area contributed by atoms with Crippen molar-refractivity contribution in [1.82, 2.24) is 39.8 Å². The molecule has 1 fully saturated rings. The second-order valence-electron chi connectivity index (χ2n) is 8.75. The number of carbonyl (C=O) groups is 1. The van der Waals surface area contributed by atoms with Crippen LogP contribution in [0.5, 0.6) is 0 Å². The molecule has 1 amide bonds. The van der Waals surface area contributed by atoms with Gasteiger partial charge in [0.1, 0.15) is 17.5 Å². The maximum absolute atomic E-state index is 12.9. The van der Waals surface area contributed by atoms with Gasteiger partial charge in [0.15, 0.2) is 11.5 Å². The third-order valence-corrected chi connectivity index (χ3v) is 6.86. The number of anilines is 2. The quantitative estimate of drug-likeness (QED) is 0.362. The van der Waals surface area contributed by atoms with Crippen LogP contribution in [0.15, 0.2) is 55.6 Å². The number of hydrogen-bond donors (Lipinski definition) is 2. The van der Waals surface area contributed by atoms with Crippen LogP contribution < -0.4 is 10.2 Å². The summed E-state index contributed by atoms with van der Waals surface area (Å²) in [5.74, 6) is 0.509. The Morgan fingerprint density at radius 2 is 1.92 bits per heavy atom. The molecular formula is C25H23ClN10O. The molecule has 186 valence electrons. The third-order valence-electron chi connectivity index (χ3n) is 6.55. The molecule has 1 saturated heterocycles. The molecule has 5 aromatic rings. The van der Waals surface area contributed by atoms with E-state index in [0.29, 0.717) is 53.9 Å². The van der Waals surface area contributed by atoms with Crippen molar-refractivity contribution in [2.24, 2.45) is 0 Å². The maximum atomic E-state index is 12.9. The molecule has 37 heavy (non-hydrogen) atoms. The van der Waals surface area contributed by atoms with Crippen molar-refractivity contribution in [2.75, 3.05) is 36.4 Å². The summed E-state index contributed by atoms with van der Waals surface area (Å²) >= 11 is 6.74. The molecule has 12 heteroatoms. The van der Waals surface area contributed by atoms with E-state index in [0.717, 1.165) is 22.2 Å². The van der Waals surface area contributed by atoms with Gasteiger partial charge in [0, 0.05) is 55.7 Å². The lowest BCUT2D eigenvalue weighted by molar-refractivity contribution is 0.0740. The van der Waals surface area contributed by atoms with Crippen molar-refractivity contribution in [3.05, 3.63) is 71.9 Å². The van der Waals surface area contributed by atoms with E-state index in [1.165, 1.54) is 18.7 Å². The van der Waals surface area contributed by atoms with Gasteiger partial charge in [-0.15, -0.1) is 0 Å². The average molecular weight is 515 g/mol. The molecule has 1 atom stereocenters. The summed E-state index contributed by atoms with van der Waals surface area (Å²) in [7, 11) is 0. The fourth-order valence-corrected chi connectivity index (χ4v) is 5.00. The Kier molecular flexibility index (Phi) is 5.97. The van der Waals surface area contributed by atoms with Crippen molar-refractivity contribution in [3.8, 4) is 0 Å². The molecule has 0 saturated carbocycles. The van der Waals surface area contributed by atoms with Gasteiger partial charge in [-0.25, -0.2) is 19.9 Å². The number of pyridine rings is 1. The average Bonchev–Trinajstić information content (AvgIpc) is 3.43. The number of amides is 1. The molecule has 2 N–H and O–H groups in total. The van der Waals surface area contributed by atoms with Crippen molar-refractivity contribution in [3.63, 3.8) is 0 Å². The van der Waals surface area contributed by atoms with Gasteiger partial charge in [0.2, 0.25) is 0 Å². The molecule has 0 bridgehead atoms. The van der Waals surface area contributed by atoms with Crippen LogP contribution in [0.1, 0.15) is 29.0 Å². The van der Waals surface area contributed by atoms with E-state index in [2.05, 4.69) is 47.0 Å². The molecule has 0 spiro atoms. The molecule has 1 aromatic carbocycles. The largest absolute Gasteiger partial charge is 0.366 e. The van der Waals surface area contributed by atoms with Crippen molar-refractivity contribution in [2.45, 2.75) is 13.0 Å². The number of piperazine rings is 1. The monoisotopic (exact) mass is 514 g/mol. The second-order valence-corrected chi connectivity index (χ2v) is 9.16. The highest BCUT2D eigenvalue weighted by Crippen LogP contribution is 2.39. The molecule has 11 nitrogen and oxygen atoms in total. The number of aromatic amines is 1. The number of rotatable bonds is 5. The maximum Gasteiger partial charge on any atom is 0.274 e. The van der Waals surface area contributed by atoms with Crippen LogP contribution in [0, 0.1) is 0 Å². The third kappa shape index (κ3) is 4.27. The lowest BCUT2D eigenvalue weighted by Crippen LogP contribution is -2.49. The first kappa shape index (κ1) is 23.0. The van der Waals surface area contributed by atoms with E-state index in [9.17, 15) is 4.79 Å². The number of fused-ring (bicyclic) bond motifs is 2. The summed E-state index contributed by atoms with van der Waals surface area (Å²) in [6.07, 6.45) is 9.46. The van der Waals surface area contributed by atoms with Gasteiger partial charge >= 0.3 is 0 Å². The molecule has 5 heterocycles. The molecule has 0 aliphatic carbocycles. The van der Waals surface area contributed by atoms with Crippen molar-refractivity contribution < 1.29 is 4.79 Å². The van der Waals surface area contributed by atoms with Gasteiger partial charge in [-0.3, -0.25) is 14.8 Å². The van der Waals surface area contributed by atoms with Crippen LogP contribution in [-0.2, 0) is 0 Å². The Bertz CT molecular complexity index is 1580. The molecular weight excluding hydrogens is 492 g/mol. The predicted octanol–water partition coefficient (Wildman–Crippen LogP) is 3.48. The highest BCUT2D eigenvalue weighted by atomic mass is 35.5. The minimum atomic E-state index is -0.173. The fraction of sp³-hybridized carbons (Fsp3) is 0.240. The predicted molar refractivity (Wildman–Crippen MR) is 141 cm³/mol. The molecule has 1 aliphatic heterocycles. The Hall–Kier alpha value is -4.38. The summed E-state index contributed by atoms with van der Waals surface area (Å²) in [5, 5.41) is 4.98. The van der Waals surface area contributed by atoms with Gasteiger partial charge in [-0.1, -0.05) is 11.6 Å².